The van der Waals surface area contributed by atoms with Gasteiger partial charge in [-0.1, -0.05) is 41.9 Å². The molecule has 0 saturated heterocycles. The Hall–Kier alpha value is -1.51. The van der Waals surface area contributed by atoms with E-state index in [4.69, 9.17) is 16.3 Å². The Kier molecular flexibility index (Phi) is 5.45. The molecule has 2 nitrogen and oxygen atoms in total. The molecule has 0 fully saturated rings. The van der Waals surface area contributed by atoms with Gasteiger partial charge in [0, 0.05) is 18.1 Å². The number of rotatable bonds is 6. The van der Waals surface area contributed by atoms with Crippen LogP contribution in [0, 0.1) is 13.8 Å². The first-order valence-electron chi connectivity index (χ1n) is 6.81. The van der Waals surface area contributed by atoms with Crippen molar-refractivity contribution in [3.63, 3.8) is 0 Å². The van der Waals surface area contributed by atoms with Crippen molar-refractivity contribution in [1.82, 2.24) is 5.32 Å². The normalized spacial score (nSPS) is 10.6. The zero-order chi connectivity index (χ0) is 14.4. The van der Waals surface area contributed by atoms with E-state index in [1.54, 1.807) is 0 Å². The van der Waals surface area contributed by atoms with Gasteiger partial charge in [0.25, 0.3) is 0 Å². The van der Waals surface area contributed by atoms with Gasteiger partial charge >= 0.3 is 0 Å². The lowest BCUT2D eigenvalue weighted by molar-refractivity contribution is 0.313. The molecule has 0 aliphatic carbocycles. The van der Waals surface area contributed by atoms with E-state index in [1.165, 1.54) is 5.56 Å². The summed E-state index contributed by atoms with van der Waals surface area (Å²) < 4.78 is 5.74. The summed E-state index contributed by atoms with van der Waals surface area (Å²) in [5, 5.41) is 4.18. The lowest BCUT2D eigenvalue weighted by atomic mass is 10.1. The second-order valence-corrected chi connectivity index (χ2v) is 5.26. The van der Waals surface area contributed by atoms with E-state index in [0.717, 1.165) is 35.0 Å². The Morgan fingerprint density at radius 1 is 1.05 bits per heavy atom. The van der Waals surface area contributed by atoms with Gasteiger partial charge in [-0.15, -0.1) is 0 Å². The Labute approximate surface area is 125 Å². The van der Waals surface area contributed by atoms with Crippen LogP contribution in [0.5, 0.6) is 5.75 Å². The summed E-state index contributed by atoms with van der Waals surface area (Å²) in [5.74, 6) is 0.880. The van der Waals surface area contributed by atoms with Crippen LogP contribution >= 0.6 is 11.6 Å². The zero-order valence-electron chi connectivity index (χ0n) is 11.9. The summed E-state index contributed by atoms with van der Waals surface area (Å²) in [7, 11) is 0. The minimum atomic E-state index is 0.646. The average molecular weight is 290 g/mol. The number of ether oxygens (including phenoxy) is 1. The van der Waals surface area contributed by atoms with E-state index < -0.39 is 0 Å². The molecule has 0 heterocycles. The smallest absolute Gasteiger partial charge is 0.119 e. The lowest BCUT2D eigenvalue weighted by Gasteiger charge is -2.10. The molecule has 0 aliphatic rings. The Bertz CT molecular complexity index is 531. The third kappa shape index (κ3) is 4.26. The first-order valence-corrected chi connectivity index (χ1v) is 7.19. The maximum absolute atomic E-state index is 6.13. The quantitative estimate of drug-likeness (QED) is 0.808. The molecule has 0 aliphatic heterocycles. The summed E-state index contributed by atoms with van der Waals surface area (Å²) >= 11 is 6.13. The van der Waals surface area contributed by atoms with Crippen LogP contribution in [0.4, 0.5) is 0 Å². The van der Waals surface area contributed by atoms with Crippen LogP contribution < -0.4 is 10.1 Å². The van der Waals surface area contributed by atoms with Crippen LogP contribution in [0.3, 0.4) is 0 Å². The molecule has 0 aromatic heterocycles. The van der Waals surface area contributed by atoms with E-state index in [1.807, 2.05) is 44.2 Å². The lowest BCUT2D eigenvalue weighted by Crippen LogP contribution is -2.20. The molecule has 0 spiro atoms. The predicted molar refractivity (Wildman–Crippen MR) is 84.6 cm³/mol. The fourth-order valence-corrected chi connectivity index (χ4v) is 2.17. The molecule has 2 aromatic rings. The van der Waals surface area contributed by atoms with Crippen LogP contribution in [0.2, 0.25) is 5.02 Å². The van der Waals surface area contributed by atoms with Crippen molar-refractivity contribution < 1.29 is 4.74 Å². The largest absolute Gasteiger partial charge is 0.492 e. The minimum absolute atomic E-state index is 0.646. The van der Waals surface area contributed by atoms with Gasteiger partial charge in [0.15, 0.2) is 0 Å². The zero-order valence-corrected chi connectivity index (χ0v) is 12.7. The fourth-order valence-electron chi connectivity index (χ4n) is 2.06. The molecular formula is C17H20ClNO. The van der Waals surface area contributed by atoms with Gasteiger partial charge < -0.3 is 10.1 Å². The second-order valence-electron chi connectivity index (χ2n) is 4.88. The predicted octanol–water partition coefficient (Wildman–Crippen LogP) is 4.13. The highest BCUT2D eigenvalue weighted by Crippen LogP contribution is 2.25. The maximum Gasteiger partial charge on any atom is 0.119 e. The highest BCUT2D eigenvalue weighted by Gasteiger charge is 2.03. The number of aryl methyl sites for hydroxylation is 2. The van der Waals surface area contributed by atoms with E-state index in [0.29, 0.717) is 6.61 Å². The second kappa shape index (κ2) is 7.32. The third-order valence-corrected chi connectivity index (χ3v) is 3.73. The number of nitrogens with one attached hydrogen (secondary N) is 1. The molecule has 0 bridgehead atoms. The molecule has 2 aromatic carbocycles. The van der Waals surface area contributed by atoms with Gasteiger partial charge in [-0.2, -0.15) is 0 Å². The monoisotopic (exact) mass is 289 g/mol. The number of hydrogen-bond donors (Lipinski definition) is 1. The first-order chi connectivity index (χ1) is 9.66. The van der Waals surface area contributed by atoms with Crippen LogP contribution in [-0.4, -0.2) is 13.2 Å². The molecule has 106 valence electrons. The number of halogens is 1. The fraction of sp³-hybridized carbons (Fsp3) is 0.294. The Morgan fingerprint density at radius 3 is 2.35 bits per heavy atom. The van der Waals surface area contributed by atoms with Gasteiger partial charge in [-0.25, -0.2) is 0 Å². The molecule has 0 radical (unpaired) electrons. The minimum Gasteiger partial charge on any atom is -0.492 e. The van der Waals surface area contributed by atoms with E-state index in [9.17, 15) is 0 Å². The number of benzene rings is 2. The van der Waals surface area contributed by atoms with Crippen molar-refractivity contribution in [2.24, 2.45) is 0 Å². The maximum atomic E-state index is 6.13. The molecule has 0 saturated carbocycles. The first kappa shape index (κ1) is 14.9. The van der Waals surface area contributed by atoms with Gasteiger partial charge in [-0.3, -0.25) is 0 Å². The summed E-state index contributed by atoms with van der Waals surface area (Å²) in [6, 6.07) is 14.3. The molecule has 0 amide bonds. The highest BCUT2D eigenvalue weighted by atomic mass is 35.5. The summed E-state index contributed by atoms with van der Waals surface area (Å²) in [6.45, 7) is 6.32. The van der Waals surface area contributed by atoms with Crippen molar-refractivity contribution in [3.8, 4) is 5.75 Å². The van der Waals surface area contributed by atoms with Gasteiger partial charge in [0.2, 0.25) is 0 Å². The SMILES string of the molecule is Cc1cc(OCCNCc2ccccc2)cc(C)c1Cl. The van der Waals surface area contributed by atoms with Crippen LogP contribution in [-0.2, 0) is 6.54 Å². The van der Waals surface area contributed by atoms with Crippen molar-refractivity contribution in [1.29, 1.82) is 0 Å². The summed E-state index contributed by atoms with van der Waals surface area (Å²) in [5.41, 5.74) is 3.39. The summed E-state index contributed by atoms with van der Waals surface area (Å²) in [4.78, 5) is 0. The van der Waals surface area contributed by atoms with Gasteiger partial charge in [0.1, 0.15) is 12.4 Å². The van der Waals surface area contributed by atoms with E-state index in [-0.39, 0.29) is 0 Å². The molecule has 20 heavy (non-hydrogen) atoms. The Morgan fingerprint density at radius 2 is 1.70 bits per heavy atom. The van der Waals surface area contributed by atoms with Crippen LogP contribution in [0.1, 0.15) is 16.7 Å². The highest BCUT2D eigenvalue weighted by molar-refractivity contribution is 6.32. The molecular weight excluding hydrogens is 270 g/mol. The molecule has 0 atom stereocenters. The van der Waals surface area contributed by atoms with Gasteiger partial charge in [0.05, 0.1) is 0 Å². The van der Waals surface area contributed by atoms with Crippen molar-refractivity contribution >= 4 is 11.6 Å². The van der Waals surface area contributed by atoms with E-state index in [2.05, 4.69) is 17.4 Å². The van der Waals surface area contributed by atoms with E-state index >= 15 is 0 Å². The molecule has 1 N–H and O–H groups in total. The van der Waals surface area contributed by atoms with Crippen molar-refractivity contribution in [2.45, 2.75) is 20.4 Å². The van der Waals surface area contributed by atoms with Crippen LogP contribution in [0.15, 0.2) is 42.5 Å². The topological polar surface area (TPSA) is 21.3 Å². The van der Waals surface area contributed by atoms with Crippen molar-refractivity contribution in [2.75, 3.05) is 13.2 Å². The standard InChI is InChI=1S/C17H20ClNO/c1-13-10-16(11-14(2)17(13)18)20-9-8-19-12-15-6-4-3-5-7-15/h3-7,10-11,19H,8-9,12H2,1-2H3. The Balaban J connectivity index is 1.74. The molecule has 3 heteroatoms. The van der Waals surface area contributed by atoms with Crippen LogP contribution in [0.25, 0.3) is 0 Å². The number of hydrogen-bond acceptors (Lipinski definition) is 2. The third-order valence-electron chi connectivity index (χ3n) is 3.13. The summed E-state index contributed by atoms with van der Waals surface area (Å²) in [6.07, 6.45) is 0. The molecule has 2 rings (SSSR count). The van der Waals surface area contributed by atoms with Gasteiger partial charge in [-0.05, 0) is 42.7 Å². The molecule has 0 unspecified atom stereocenters. The average Bonchev–Trinajstić information content (AvgIpc) is 2.45. The van der Waals surface area contributed by atoms with Crippen molar-refractivity contribution in [3.05, 3.63) is 64.2 Å².